The summed E-state index contributed by atoms with van der Waals surface area (Å²) in [5, 5.41) is 9.91. The quantitative estimate of drug-likeness (QED) is 0.442. The normalized spacial score (nSPS) is 9.88. The van der Waals surface area contributed by atoms with Crippen LogP contribution in [0.25, 0.3) is 0 Å². The molecule has 0 spiro atoms. The maximum absolute atomic E-state index is 9.91. The number of hydrogen-bond donors (Lipinski definition) is 0. The Morgan fingerprint density at radius 2 is 1.50 bits per heavy atom. The van der Waals surface area contributed by atoms with E-state index in [2.05, 4.69) is 0 Å². The van der Waals surface area contributed by atoms with Crippen molar-refractivity contribution in [3.63, 3.8) is 0 Å². The van der Waals surface area contributed by atoms with E-state index in [1.807, 2.05) is 0 Å². The van der Waals surface area contributed by atoms with E-state index in [1.54, 1.807) is 20.8 Å². The molecule has 0 aromatic rings. The van der Waals surface area contributed by atoms with Crippen molar-refractivity contribution in [2.75, 3.05) is 0 Å². The molecule has 0 saturated carbocycles. The van der Waals surface area contributed by atoms with Gasteiger partial charge in [0.1, 0.15) is 0 Å². The van der Waals surface area contributed by atoms with E-state index < -0.39 is 11.4 Å². The summed E-state index contributed by atoms with van der Waals surface area (Å²) in [6, 6.07) is 0. The fourth-order valence-corrected chi connectivity index (χ4v) is 0. The van der Waals surface area contributed by atoms with Crippen LogP contribution < -0.4 is 74.0 Å². The monoisotopic (exact) mass is 234 g/mol. The Balaban J connectivity index is 0. The first-order chi connectivity index (χ1) is 2.94. The van der Waals surface area contributed by atoms with Gasteiger partial charge in [-0.2, -0.15) is 0 Å². The van der Waals surface area contributed by atoms with Crippen LogP contribution in [0.4, 0.5) is 0 Å². The van der Waals surface area contributed by atoms with E-state index in [1.165, 1.54) is 0 Å². The Morgan fingerprint density at radius 1 is 1.38 bits per heavy atom. The van der Waals surface area contributed by atoms with Crippen molar-refractivity contribution < 1.29 is 78.8 Å². The molecule has 0 aliphatic heterocycles. The van der Waals surface area contributed by atoms with Crippen molar-refractivity contribution in [2.45, 2.75) is 20.8 Å². The van der Waals surface area contributed by atoms with E-state index in [4.69, 9.17) is 0 Å². The van der Waals surface area contributed by atoms with Crippen LogP contribution in [0.15, 0.2) is 0 Å². The molecule has 0 aromatic carbocycles. The van der Waals surface area contributed by atoms with Crippen molar-refractivity contribution in [1.29, 1.82) is 0 Å². The summed E-state index contributed by atoms with van der Waals surface area (Å²) in [6.45, 7) is 4.80. The number of hydrogen-bond acceptors (Lipinski definition) is 2. The van der Waals surface area contributed by atoms with E-state index >= 15 is 0 Å². The Morgan fingerprint density at radius 3 is 1.50 bits per heavy atom. The second kappa shape index (κ2) is 4.36. The van der Waals surface area contributed by atoms with E-state index in [9.17, 15) is 9.90 Å². The van der Waals surface area contributed by atoms with Crippen molar-refractivity contribution in [2.24, 2.45) is 5.41 Å². The molecule has 0 fully saturated rings. The summed E-state index contributed by atoms with van der Waals surface area (Å²) in [5.41, 5.74) is -0.694. The fourth-order valence-electron chi connectivity index (χ4n) is 0. The van der Waals surface area contributed by atoms with Gasteiger partial charge in [0.05, 0.1) is 0 Å². The van der Waals surface area contributed by atoms with Gasteiger partial charge >= 0.3 is 68.9 Å². The Labute approximate surface area is 108 Å². The van der Waals surface area contributed by atoms with Gasteiger partial charge < -0.3 is 9.90 Å². The van der Waals surface area contributed by atoms with Gasteiger partial charge in [-0.05, 0) is 0 Å². The standard InChI is InChI=1S/C5H10O2.Cs/c1-5(2,3)4(6)7;/h1-3H3,(H,6,7);/q;+1/p-1. The van der Waals surface area contributed by atoms with Crippen LogP contribution in [-0.4, -0.2) is 5.97 Å². The number of carboxylic acid groups (broad SMARTS) is 1. The van der Waals surface area contributed by atoms with Crippen LogP contribution in [0.3, 0.4) is 0 Å². The third-order valence-corrected chi connectivity index (χ3v) is 0.612. The van der Waals surface area contributed by atoms with Crippen molar-refractivity contribution in [1.82, 2.24) is 0 Å². The van der Waals surface area contributed by atoms with Gasteiger partial charge in [0.25, 0.3) is 0 Å². The minimum absolute atomic E-state index is 0. The summed E-state index contributed by atoms with van der Waals surface area (Å²) >= 11 is 0. The zero-order valence-corrected chi connectivity index (χ0v) is 12.1. The molecule has 0 aliphatic rings. The average molecular weight is 234 g/mol. The molecule has 0 saturated heterocycles. The summed E-state index contributed by atoms with van der Waals surface area (Å²) in [7, 11) is 0. The SMILES string of the molecule is CC(C)(C)C(=O)[O-].[Cs+]. The molecule has 0 N–H and O–H groups in total. The molecule has 8 heavy (non-hydrogen) atoms. The van der Waals surface area contributed by atoms with Crippen LogP contribution in [0, 0.1) is 5.41 Å². The molecule has 0 unspecified atom stereocenters. The second-order valence-corrected chi connectivity index (χ2v) is 2.54. The molecule has 42 valence electrons. The molecule has 0 atom stereocenters. The van der Waals surface area contributed by atoms with E-state index in [0.717, 1.165) is 0 Å². The molecule has 0 aliphatic carbocycles. The van der Waals surface area contributed by atoms with Gasteiger partial charge in [0.15, 0.2) is 0 Å². The van der Waals surface area contributed by atoms with Gasteiger partial charge in [0.2, 0.25) is 0 Å². The van der Waals surface area contributed by atoms with Gasteiger partial charge in [-0.15, -0.1) is 0 Å². The van der Waals surface area contributed by atoms with Crippen LogP contribution in [0.1, 0.15) is 20.8 Å². The molecule has 0 amide bonds. The minimum atomic E-state index is -1.01. The molecule has 2 nitrogen and oxygen atoms in total. The molecule has 0 bridgehead atoms. The Kier molecular flexibility index (Phi) is 6.65. The summed E-state index contributed by atoms with van der Waals surface area (Å²) < 4.78 is 0. The van der Waals surface area contributed by atoms with Crippen molar-refractivity contribution in [3.05, 3.63) is 0 Å². The summed E-state index contributed by atoms with van der Waals surface area (Å²) in [6.07, 6.45) is 0. The molecule has 0 heterocycles. The molecular weight excluding hydrogens is 225 g/mol. The first-order valence-corrected chi connectivity index (χ1v) is 2.16. The number of rotatable bonds is 0. The molecule has 0 rings (SSSR count). The third kappa shape index (κ3) is 5.65. The zero-order valence-electron chi connectivity index (χ0n) is 5.82. The number of carbonyl (C=O) groups is 1. The number of carboxylic acids is 1. The van der Waals surface area contributed by atoms with Gasteiger partial charge in [-0.1, -0.05) is 20.8 Å². The third-order valence-electron chi connectivity index (χ3n) is 0.612. The number of carbonyl (C=O) groups excluding carboxylic acids is 1. The molecule has 0 radical (unpaired) electrons. The maximum Gasteiger partial charge on any atom is 1.00 e. The van der Waals surface area contributed by atoms with E-state index in [-0.39, 0.29) is 68.9 Å². The Hall–Kier alpha value is 1.52. The second-order valence-electron chi connectivity index (χ2n) is 2.54. The summed E-state index contributed by atoms with van der Waals surface area (Å²) in [4.78, 5) is 9.91. The van der Waals surface area contributed by atoms with Crippen LogP contribution >= 0.6 is 0 Å². The minimum Gasteiger partial charge on any atom is -0.550 e. The van der Waals surface area contributed by atoms with Gasteiger partial charge in [0, 0.05) is 11.4 Å². The maximum atomic E-state index is 9.91. The molecular formula is C5H9CsO2. The van der Waals surface area contributed by atoms with Gasteiger partial charge in [-0.3, -0.25) is 0 Å². The molecule has 3 heteroatoms. The first-order valence-electron chi connectivity index (χ1n) is 2.16. The van der Waals surface area contributed by atoms with Crippen molar-refractivity contribution in [3.8, 4) is 0 Å². The predicted molar refractivity (Wildman–Crippen MR) is 24.5 cm³/mol. The fraction of sp³-hybridized carbons (Fsp3) is 0.800. The number of aliphatic carboxylic acids is 1. The van der Waals surface area contributed by atoms with Crippen molar-refractivity contribution >= 4 is 5.97 Å². The smallest absolute Gasteiger partial charge is 0.550 e. The zero-order chi connectivity index (χ0) is 6.08. The van der Waals surface area contributed by atoms with Crippen LogP contribution in [-0.2, 0) is 4.79 Å². The van der Waals surface area contributed by atoms with Crippen LogP contribution in [0.2, 0.25) is 0 Å². The topological polar surface area (TPSA) is 40.1 Å². The van der Waals surface area contributed by atoms with Crippen LogP contribution in [0.5, 0.6) is 0 Å². The van der Waals surface area contributed by atoms with Gasteiger partial charge in [-0.25, -0.2) is 0 Å². The summed E-state index contributed by atoms with van der Waals surface area (Å²) in [5.74, 6) is -1.01. The average Bonchev–Trinajstić information content (AvgIpc) is 1.31. The molecule has 0 aromatic heterocycles. The van der Waals surface area contributed by atoms with E-state index in [0.29, 0.717) is 0 Å². The largest absolute Gasteiger partial charge is 1.00 e. The predicted octanol–water partition coefficient (Wildman–Crippen LogP) is -3.21. The Bertz CT molecular complexity index is 82.9. The first kappa shape index (κ1) is 12.2.